The summed E-state index contributed by atoms with van der Waals surface area (Å²) in [6.07, 6.45) is 1.56. The van der Waals surface area contributed by atoms with Crippen molar-refractivity contribution >= 4 is 15.7 Å². The lowest BCUT2D eigenvalue weighted by Crippen LogP contribution is -2.44. The monoisotopic (exact) mass is 431 g/mol. The molecule has 2 aromatic rings. The Labute approximate surface area is 178 Å². The number of ether oxygens (including phenoxy) is 2. The Balaban J connectivity index is 1.26. The van der Waals surface area contributed by atoms with Crippen LogP contribution in [0.1, 0.15) is 12.0 Å². The summed E-state index contributed by atoms with van der Waals surface area (Å²) < 4.78 is 38.7. The fraction of sp³-hybridized carbons (Fsp3) is 0.455. The molecule has 1 N–H and O–H groups in total. The summed E-state index contributed by atoms with van der Waals surface area (Å²) in [5.41, 5.74) is 2.47. The molecular weight excluding hydrogens is 402 g/mol. The van der Waals surface area contributed by atoms with Gasteiger partial charge in [0, 0.05) is 44.5 Å². The molecule has 2 aliphatic rings. The number of rotatable bonds is 7. The van der Waals surface area contributed by atoms with Gasteiger partial charge in [-0.05, 0) is 49.7 Å². The normalized spacial score (nSPS) is 17.2. The van der Waals surface area contributed by atoms with Gasteiger partial charge in [0.2, 0.25) is 10.0 Å². The lowest BCUT2D eigenvalue weighted by molar-refractivity contribution is 0.171. The molecule has 2 heterocycles. The Morgan fingerprint density at radius 1 is 0.933 bits per heavy atom. The molecule has 7 nitrogen and oxygen atoms in total. The Bertz CT molecular complexity index is 955. The van der Waals surface area contributed by atoms with Crippen LogP contribution in [0.3, 0.4) is 0 Å². The van der Waals surface area contributed by atoms with Gasteiger partial charge in [0.25, 0.3) is 0 Å². The number of anilines is 1. The van der Waals surface area contributed by atoms with Crippen molar-refractivity contribution in [3.8, 4) is 11.5 Å². The Hall–Kier alpha value is -2.29. The van der Waals surface area contributed by atoms with E-state index in [0.717, 1.165) is 39.0 Å². The van der Waals surface area contributed by atoms with E-state index in [-0.39, 0.29) is 4.90 Å². The summed E-state index contributed by atoms with van der Waals surface area (Å²) >= 11 is 0. The molecule has 2 aliphatic heterocycles. The van der Waals surface area contributed by atoms with Gasteiger partial charge in [-0.2, -0.15) is 0 Å². The number of piperazine rings is 1. The molecule has 0 amide bonds. The fourth-order valence-corrected chi connectivity index (χ4v) is 4.80. The number of benzene rings is 2. The van der Waals surface area contributed by atoms with Crippen molar-refractivity contribution in [2.45, 2.75) is 17.7 Å². The van der Waals surface area contributed by atoms with Crippen LogP contribution in [0.15, 0.2) is 47.4 Å². The van der Waals surface area contributed by atoms with Crippen molar-refractivity contribution in [1.82, 2.24) is 9.62 Å². The van der Waals surface area contributed by atoms with Crippen molar-refractivity contribution in [2.24, 2.45) is 0 Å². The third-order valence-electron chi connectivity index (χ3n) is 5.56. The number of hydrogen-bond donors (Lipinski definition) is 1. The van der Waals surface area contributed by atoms with Crippen LogP contribution in [0.5, 0.6) is 11.5 Å². The van der Waals surface area contributed by atoms with E-state index in [1.165, 1.54) is 17.3 Å². The van der Waals surface area contributed by atoms with Gasteiger partial charge in [0.15, 0.2) is 11.5 Å². The number of nitrogens with zero attached hydrogens (tertiary/aromatic N) is 2. The third-order valence-corrected chi connectivity index (χ3v) is 7.02. The van der Waals surface area contributed by atoms with Crippen molar-refractivity contribution in [2.75, 3.05) is 57.9 Å². The third kappa shape index (κ3) is 5.06. The van der Waals surface area contributed by atoms with Gasteiger partial charge in [-0.15, -0.1) is 0 Å². The zero-order valence-electron chi connectivity index (χ0n) is 17.3. The van der Waals surface area contributed by atoms with E-state index in [4.69, 9.17) is 9.47 Å². The van der Waals surface area contributed by atoms with Crippen LogP contribution in [-0.4, -0.2) is 66.3 Å². The van der Waals surface area contributed by atoms with Gasteiger partial charge in [0.1, 0.15) is 13.2 Å². The first-order valence-corrected chi connectivity index (χ1v) is 11.9. The molecule has 4 rings (SSSR count). The van der Waals surface area contributed by atoms with E-state index in [2.05, 4.69) is 45.8 Å². The highest BCUT2D eigenvalue weighted by Gasteiger charge is 2.19. The molecule has 0 aliphatic carbocycles. The molecule has 0 radical (unpaired) electrons. The topological polar surface area (TPSA) is 71.1 Å². The van der Waals surface area contributed by atoms with Gasteiger partial charge in [-0.3, -0.25) is 0 Å². The highest BCUT2D eigenvalue weighted by atomic mass is 32.2. The van der Waals surface area contributed by atoms with Crippen LogP contribution in [0.25, 0.3) is 0 Å². The van der Waals surface area contributed by atoms with Gasteiger partial charge in [-0.1, -0.05) is 12.1 Å². The van der Waals surface area contributed by atoms with Gasteiger partial charge < -0.3 is 19.3 Å². The van der Waals surface area contributed by atoms with E-state index in [9.17, 15) is 8.42 Å². The zero-order chi connectivity index (χ0) is 21.0. The molecule has 1 saturated heterocycles. The fourth-order valence-electron chi connectivity index (χ4n) is 3.71. The molecule has 0 bridgehead atoms. The first-order valence-electron chi connectivity index (χ1n) is 10.4. The maximum absolute atomic E-state index is 12.6. The zero-order valence-corrected chi connectivity index (χ0v) is 18.2. The van der Waals surface area contributed by atoms with Crippen LogP contribution < -0.4 is 19.1 Å². The van der Waals surface area contributed by atoms with E-state index in [1.807, 2.05) is 0 Å². The number of sulfonamides is 1. The van der Waals surface area contributed by atoms with E-state index in [1.54, 1.807) is 12.1 Å². The van der Waals surface area contributed by atoms with Gasteiger partial charge in [-0.25, -0.2) is 13.1 Å². The lowest BCUT2D eigenvalue weighted by atomic mass is 10.1. The standard InChI is InChI=1S/C22H29N3O4S/c1-24-11-13-25(14-12-24)19-6-4-18(5-7-19)3-2-10-23-30(26,27)20-8-9-21-22(17-20)29-16-15-28-21/h4-9,17,23H,2-3,10-16H2,1H3. The molecule has 0 aromatic heterocycles. The molecule has 1 fully saturated rings. The summed E-state index contributed by atoms with van der Waals surface area (Å²) in [4.78, 5) is 4.95. The molecule has 30 heavy (non-hydrogen) atoms. The number of nitrogens with one attached hydrogen (secondary N) is 1. The molecule has 0 unspecified atom stereocenters. The Morgan fingerprint density at radius 2 is 1.63 bits per heavy atom. The van der Waals surface area contributed by atoms with E-state index in [0.29, 0.717) is 31.3 Å². The predicted octanol–water partition coefficient (Wildman–Crippen LogP) is 2.12. The van der Waals surface area contributed by atoms with Crippen LogP contribution in [0, 0.1) is 0 Å². The van der Waals surface area contributed by atoms with Gasteiger partial charge in [0.05, 0.1) is 4.90 Å². The van der Waals surface area contributed by atoms with E-state index >= 15 is 0 Å². The highest BCUT2D eigenvalue weighted by molar-refractivity contribution is 7.89. The quantitative estimate of drug-likeness (QED) is 0.678. The van der Waals surface area contributed by atoms with Crippen LogP contribution in [0.4, 0.5) is 5.69 Å². The van der Waals surface area contributed by atoms with E-state index < -0.39 is 10.0 Å². The van der Waals surface area contributed by atoms with Crippen molar-refractivity contribution < 1.29 is 17.9 Å². The van der Waals surface area contributed by atoms with Crippen LogP contribution in [0.2, 0.25) is 0 Å². The average molecular weight is 432 g/mol. The molecule has 0 atom stereocenters. The Morgan fingerprint density at radius 3 is 2.37 bits per heavy atom. The SMILES string of the molecule is CN1CCN(c2ccc(CCCNS(=O)(=O)c3ccc4c(c3)OCCO4)cc2)CC1. The second-order valence-corrected chi connectivity index (χ2v) is 9.53. The van der Waals surface area contributed by atoms with Crippen molar-refractivity contribution in [1.29, 1.82) is 0 Å². The largest absolute Gasteiger partial charge is 0.486 e. The minimum atomic E-state index is -3.57. The maximum atomic E-state index is 12.6. The minimum absolute atomic E-state index is 0.197. The number of hydrogen-bond acceptors (Lipinski definition) is 6. The van der Waals surface area contributed by atoms with Crippen LogP contribution >= 0.6 is 0 Å². The van der Waals surface area contributed by atoms with Crippen LogP contribution in [-0.2, 0) is 16.4 Å². The number of aryl methyl sites for hydroxylation is 1. The smallest absolute Gasteiger partial charge is 0.240 e. The average Bonchev–Trinajstić information content (AvgIpc) is 2.77. The minimum Gasteiger partial charge on any atom is -0.486 e. The van der Waals surface area contributed by atoms with Crippen molar-refractivity contribution in [3.63, 3.8) is 0 Å². The summed E-state index contributed by atoms with van der Waals surface area (Å²) in [5.74, 6) is 1.06. The summed E-state index contributed by atoms with van der Waals surface area (Å²) in [5, 5.41) is 0. The highest BCUT2D eigenvalue weighted by Crippen LogP contribution is 2.32. The first kappa shape index (κ1) is 21.0. The molecular formula is C22H29N3O4S. The Kier molecular flexibility index (Phi) is 6.46. The summed E-state index contributed by atoms with van der Waals surface area (Å²) in [6, 6.07) is 13.3. The molecule has 0 saturated carbocycles. The molecule has 2 aromatic carbocycles. The molecule has 8 heteroatoms. The maximum Gasteiger partial charge on any atom is 0.240 e. The molecule has 162 valence electrons. The lowest BCUT2D eigenvalue weighted by Gasteiger charge is -2.34. The van der Waals surface area contributed by atoms with Crippen molar-refractivity contribution in [3.05, 3.63) is 48.0 Å². The predicted molar refractivity (Wildman–Crippen MR) is 117 cm³/mol. The summed E-state index contributed by atoms with van der Waals surface area (Å²) in [7, 11) is -1.41. The first-order chi connectivity index (χ1) is 14.5. The number of fused-ring (bicyclic) bond motifs is 1. The van der Waals surface area contributed by atoms with Gasteiger partial charge >= 0.3 is 0 Å². The number of likely N-dealkylation sites (N-methyl/N-ethyl adjacent to an activating group) is 1. The molecule has 0 spiro atoms. The summed E-state index contributed by atoms with van der Waals surface area (Å²) in [6.45, 7) is 5.58. The second-order valence-electron chi connectivity index (χ2n) is 7.76. The second kappa shape index (κ2) is 9.24.